The van der Waals surface area contributed by atoms with Crippen LogP contribution in [-0.4, -0.2) is 68.0 Å². The number of hydrogen-bond donors (Lipinski definition) is 6. The average molecular weight is 432 g/mol. The van der Waals surface area contributed by atoms with Crippen molar-refractivity contribution >= 4 is 11.0 Å². The van der Waals surface area contributed by atoms with Crippen LogP contribution in [0.4, 0.5) is 0 Å². The Hall–Kier alpha value is -3.15. The van der Waals surface area contributed by atoms with Gasteiger partial charge in [-0.3, -0.25) is 4.79 Å². The molecule has 1 aliphatic rings. The van der Waals surface area contributed by atoms with Gasteiger partial charge in [-0.25, -0.2) is 0 Å². The van der Waals surface area contributed by atoms with E-state index in [0.717, 1.165) is 0 Å². The molecule has 10 nitrogen and oxygen atoms in total. The molecule has 5 atom stereocenters. The van der Waals surface area contributed by atoms with Crippen LogP contribution in [-0.2, 0) is 4.74 Å². The van der Waals surface area contributed by atoms with E-state index in [1.165, 1.54) is 30.5 Å². The number of hydrogen-bond acceptors (Lipinski definition) is 10. The molecular formula is C21H20O10. The lowest BCUT2D eigenvalue weighted by atomic mass is 10.1. The number of ether oxygens (including phenoxy) is 2. The summed E-state index contributed by atoms with van der Waals surface area (Å²) in [5, 5.41) is 58.7. The van der Waals surface area contributed by atoms with Crippen LogP contribution in [0.2, 0.25) is 0 Å². The second-order valence-corrected chi connectivity index (χ2v) is 7.13. The van der Waals surface area contributed by atoms with Crippen molar-refractivity contribution in [2.24, 2.45) is 0 Å². The van der Waals surface area contributed by atoms with Crippen LogP contribution in [0.5, 0.6) is 17.2 Å². The number of benzene rings is 2. The number of rotatable bonds is 5. The maximum atomic E-state index is 13.0. The first-order valence-corrected chi connectivity index (χ1v) is 9.36. The largest absolute Gasteiger partial charge is 0.508 e. The highest BCUT2D eigenvalue weighted by molar-refractivity contribution is 5.88. The Morgan fingerprint density at radius 3 is 2.42 bits per heavy atom. The highest BCUT2D eigenvalue weighted by Crippen LogP contribution is 2.37. The molecule has 1 aliphatic heterocycles. The minimum absolute atomic E-state index is 0.0384. The summed E-state index contributed by atoms with van der Waals surface area (Å²) in [7, 11) is 0. The summed E-state index contributed by atoms with van der Waals surface area (Å²) in [5.41, 5.74) is 0.160. The van der Waals surface area contributed by atoms with Crippen LogP contribution in [0.15, 0.2) is 51.9 Å². The van der Waals surface area contributed by atoms with E-state index in [9.17, 15) is 30.3 Å². The zero-order valence-corrected chi connectivity index (χ0v) is 16.0. The van der Waals surface area contributed by atoms with Gasteiger partial charge < -0.3 is 44.5 Å². The number of phenols is 2. The zero-order chi connectivity index (χ0) is 22.3. The molecule has 1 fully saturated rings. The van der Waals surface area contributed by atoms with Gasteiger partial charge in [0.05, 0.1) is 17.6 Å². The molecule has 4 rings (SSSR count). The number of aliphatic hydroxyl groups is 4. The van der Waals surface area contributed by atoms with E-state index in [-0.39, 0.29) is 28.0 Å². The number of aliphatic hydroxyl groups excluding tert-OH is 4. The molecule has 0 aliphatic carbocycles. The van der Waals surface area contributed by atoms with Gasteiger partial charge in [-0.1, -0.05) is 12.1 Å². The smallest absolute Gasteiger partial charge is 0.229 e. The Bertz CT molecular complexity index is 1140. The molecule has 0 amide bonds. The lowest BCUT2D eigenvalue weighted by Crippen LogP contribution is -2.40. The summed E-state index contributed by atoms with van der Waals surface area (Å²) in [5.74, 6) is -0.678. The second-order valence-electron chi connectivity index (χ2n) is 7.13. The zero-order valence-electron chi connectivity index (χ0n) is 16.0. The summed E-state index contributed by atoms with van der Waals surface area (Å²) in [4.78, 5) is 13.0. The first-order valence-electron chi connectivity index (χ1n) is 9.36. The summed E-state index contributed by atoms with van der Waals surface area (Å²) in [6.45, 7) is -0.713. The summed E-state index contributed by atoms with van der Waals surface area (Å²) in [6.07, 6.45) is -6.30. The van der Waals surface area contributed by atoms with Gasteiger partial charge >= 0.3 is 0 Å². The van der Waals surface area contributed by atoms with Gasteiger partial charge in [0.2, 0.25) is 17.5 Å². The van der Waals surface area contributed by atoms with Crippen molar-refractivity contribution in [3.8, 4) is 28.4 Å². The van der Waals surface area contributed by atoms with Crippen molar-refractivity contribution in [2.75, 3.05) is 6.61 Å². The minimum Gasteiger partial charge on any atom is -0.508 e. The van der Waals surface area contributed by atoms with Gasteiger partial charge in [0, 0.05) is 0 Å². The molecule has 10 heteroatoms. The van der Waals surface area contributed by atoms with Crippen molar-refractivity contribution in [1.29, 1.82) is 0 Å². The highest BCUT2D eigenvalue weighted by Gasteiger charge is 2.47. The first kappa shape index (κ1) is 21.1. The molecule has 164 valence electrons. The molecule has 2 aromatic carbocycles. The third kappa shape index (κ3) is 3.71. The van der Waals surface area contributed by atoms with Gasteiger partial charge in [0.25, 0.3) is 0 Å². The van der Waals surface area contributed by atoms with Crippen LogP contribution in [0.25, 0.3) is 22.1 Å². The van der Waals surface area contributed by atoms with Gasteiger partial charge in [-0.15, -0.1) is 0 Å². The molecule has 0 saturated carbocycles. The molecule has 0 bridgehead atoms. The van der Waals surface area contributed by atoms with E-state index in [1.807, 2.05) is 0 Å². The third-order valence-corrected chi connectivity index (χ3v) is 5.11. The summed E-state index contributed by atoms with van der Waals surface area (Å²) in [6, 6.07) is 8.47. The monoisotopic (exact) mass is 432 g/mol. The van der Waals surface area contributed by atoms with E-state index < -0.39 is 48.5 Å². The Labute approximate surface area is 174 Å². The summed E-state index contributed by atoms with van der Waals surface area (Å²) < 4.78 is 16.3. The predicted octanol–water partition coefficient (Wildman–Crippen LogP) is 0.0499. The Kier molecular flexibility index (Phi) is 5.56. The molecule has 0 spiro atoms. The van der Waals surface area contributed by atoms with Gasteiger partial charge in [0.1, 0.15) is 36.4 Å². The standard InChI is InChI=1S/C21H20O10/c22-7-14(25)19-16(27)17(28)21(30-19)31-20-13(24)6-5-11-15(26)12(8-29-18(11)20)9-1-3-10(23)4-2-9/h1-6,8,14,16-17,19,21-25,27-28H,7H2/t14-,16-,17-,19-,21-/m1/s1. The van der Waals surface area contributed by atoms with Crippen molar-refractivity contribution < 1.29 is 44.5 Å². The van der Waals surface area contributed by atoms with Crippen LogP contribution in [0.1, 0.15) is 0 Å². The Morgan fingerprint density at radius 2 is 1.74 bits per heavy atom. The van der Waals surface area contributed by atoms with Crippen molar-refractivity contribution in [2.45, 2.75) is 30.7 Å². The third-order valence-electron chi connectivity index (χ3n) is 5.11. The van der Waals surface area contributed by atoms with E-state index in [0.29, 0.717) is 5.56 Å². The van der Waals surface area contributed by atoms with Gasteiger partial charge in [-0.05, 0) is 29.8 Å². The molecule has 31 heavy (non-hydrogen) atoms. The maximum absolute atomic E-state index is 13.0. The molecule has 1 saturated heterocycles. The number of fused-ring (bicyclic) bond motifs is 1. The Morgan fingerprint density at radius 1 is 1.03 bits per heavy atom. The van der Waals surface area contributed by atoms with E-state index in [4.69, 9.17) is 19.0 Å². The topological polar surface area (TPSA) is 170 Å². The van der Waals surface area contributed by atoms with Crippen molar-refractivity contribution in [1.82, 2.24) is 0 Å². The molecule has 6 N–H and O–H groups in total. The van der Waals surface area contributed by atoms with E-state index in [1.54, 1.807) is 12.1 Å². The number of aromatic hydroxyl groups is 2. The molecule has 3 aromatic rings. The van der Waals surface area contributed by atoms with Crippen LogP contribution in [0.3, 0.4) is 0 Å². The van der Waals surface area contributed by atoms with Gasteiger partial charge in [0.15, 0.2) is 11.3 Å². The lowest BCUT2D eigenvalue weighted by Gasteiger charge is -2.19. The fourth-order valence-electron chi connectivity index (χ4n) is 3.43. The van der Waals surface area contributed by atoms with Gasteiger partial charge in [-0.2, -0.15) is 0 Å². The van der Waals surface area contributed by atoms with Crippen molar-refractivity contribution in [3.05, 3.63) is 52.9 Å². The van der Waals surface area contributed by atoms with E-state index in [2.05, 4.69) is 0 Å². The SMILES string of the molecule is O=c1c(-c2ccc(O)cc2)coc2c(O[C@H]3O[C@H]([C@H](O)CO)[C@H](O)[C@H]3O)c(O)ccc12. The molecule has 1 aromatic heterocycles. The second kappa shape index (κ2) is 8.17. The molecule has 0 unspecified atom stereocenters. The quantitative estimate of drug-likeness (QED) is 0.324. The molecule has 2 heterocycles. The normalized spacial score (nSPS) is 24.4. The van der Waals surface area contributed by atoms with Crippen LogP contribution in [0, 0.1) is 0 Å². The van der Waals surface area contributed by atoms with Crippen LogP contribution < -0.4 is 10.2 Å². The first-order chi connectivity index (χ1) is 14.8. The maximum Gasteiger partial charge on any atom is 0.229 e. The fraction of sp³-hybridized carbons (Fsp3) is 0.286. The average Bonchev–Trinajstić information content (AvgIpc) is 3.04. The Balaban J connectivity index is 1.72. The fourth-order valence-corrected chi connectivity index (χ4v) is 3.43. The summed E-state index contributed by atoms with van der Waals surface area (Å²) >= 11 is 0. The van der Waals surface area contributed by atoms with Crippen molar-refractivity contribution in [3.63, 3.8) is 0 Å². The minimum atomic E-state index is -1.61. The highest BCUT2D eigenvalue weighted by atomic mass is 16.7. The number of phenolic OH excluding ortho intramolecular Hbond substituents is 2. The van der Waals surface area contributed by atoms with Crippen LogP contribution >= 0.6 is 0 Å². The lowest BCUT2D eigenvalue weighted by molar-refractivity contribution is -0.137. The van der Waals surface area contributed by atoms with E-state index >= 15 is 0 Å². The predicted molar refractivity (Wildman–Crippen MR) is 106 cm³/mol. The molecular weight excluding hydrogens is 412 g/mol. The molecule has 0 radical (unpaired) electrons.